The number of hydrogen-bond acceptors (Lipinski definition) is 4. The normalized spacial score (nSPS) is 22.4. The second-order valence-electron chi connectivity index (χ2n) is 4.93. The monoisotopic (exact) mass is 265 g/mol. The van der Waals surface area contributed by atoms with Gasteiger partial charge in [-0.2, -0.15) is 0 Å². The number of carbonyl (C=O) groups excluding carboxylic acids is 1. The first-order valence-corrected chi connectivity index (χ1v) is 7.13. The van der Waals surface area contributed by atoms with Gasteiger partial charge in [-0.05, 0) is 19.8 Å². The summed E-state index contributed by atoms with van der Waals surface area (Å²) in [6.45, 7) is 2.20. The first-order valence-electron chi connectivity index (χ1n) is 6.15. The van der Waals surface area contributed by atoms with Crippen LogP contribution in [0.25, 0.3) is 0 Å². The van der Waals surface area contributed by atoms with Crippen molar-refractivity contribution in [2.75, 3.05) is 5.75 Å². The number of carbonyl (C=O) groups is 1. The zero-order valence-corrected chi connectivity index (χ0v) is 11.0. The van der Waals surface area contributed by atoms with E-state index in [0.717, 1.165) is 18.0 Å². The van der Waals surface area contributed by atoms with Gasteiger partial charge in [0.2, 0.25) is 5.91 Å². The van der Waals surface area contributed by atoms with Crippen LogP contribution in [-0.2, 0) is 11.3 Å². The largest absolute Gasteiger partial charge is 0.353 e. The van der Waals surface area contributed by atoms with E-state index in [2.05, 4.69) is 10.3 Å². The molecule has 3 rings (SSSR count). The van der Waals surface area contributed by atoms with E-state index in [1.54, 1.807) is 17.7 Å². The molecule has 1 N–H and O–H groups in total. The third-order valence-electron chi connectivity index (χ3n) is 3.29. The van der Waals surface area contributed by atoms with Crippen molar-refractivity contribution in [1.29, 1.82) is 0 Å². The standard InChI is InChI=1S/C12H15N3O2S/c1-7-4-13-12-15(11(7)17)5-8(6-18-12)10(16)14-9-2-3-9/h4,8-9H,2-3,5-6H2,1H3,(H,14,16)/t8-/m0/s1. The lowest BCUT2D eigenvalue weighted by atomic mass is 10.1. The maximum absolute atomic E-state index is 12.0. The average molecular weight is 265 g/mol. The van der Waals surface area contributed by atoms with Crippen LogP contribution < -0.4 is 10.9 Å². The Balaban J connectivity index is 1.81. The van der Waals surface area contributed by atoms with Crippen LogP contribution in [0.5, 0.6) is 0 Å². The molecular formula is C12H15N3O2S. The molecule has 1 aliphatic heterocycles. The minimum absolute atomic E-state index is 0.0311. The molecule has 96 valence electrons. The van der Waals surface area contributed by atoms with Gasteiger partial charge in [-0.25, -0.2) is 4.98 Å². The Hall–Kier alpha value is -1.30. The molecule has 0 saturated heterocycles. The minimum atomic E-state index is -0.121. The summed E-state index contributed by atoms with van der Waals surface area (Å²) < 4.78 is 1.63. The minimum Gasteiger partial charge on any atom is -0.353 e. The lowest BCUT2D eigenvalue weighted by molar-refractivity contribution is -0.125. The van der Waals surface area contributed by atoms with Crippen molar-refractivity contribution in [1.82, 2.24) is 14.9 Å². The van der Waals surface area contributed by atoms with E-state index in [-0.39, 0.29) is 17.4 Å². The highest BCUT2D eigenvalue weighted by molar-refractivity contribution is 7.99. The Morgan fingerprint density at radius 1 is 1.56 bits per heavy atom. The predicted octanol–water partition coefficient (Wildman–Crippen LogP) is 0.552. The van der Waals surface area contributed by atoms with Crippen molar-refractivity contribution in [2.45, 2.75) is 37.5 Å². The van der Waals surface area contributed by atoms with Crippen LogP contribution in [0.15, 0.2) is 16.1 Å². The summed E-state index contributed by atoms with van der Waals surface area (Å²) in [5.41, 5.74) is 0.596. The smallest absolute Gasteiger partial charge is 0.257 e. The van der Waals surface area contributed by atoms with Crippen molar-refractivity contribution in [2.24, 2.45) is 5.92 Å². The average Bonchev–Trinajstić information content (AvgIpc) is 3.17. The molecule has 18 heavy (non-hydrogen) atoms. The number of hydrogen-bond donors (Lipinski definition) is 1. The van der Waals surface area contributed by atoms with Crippen molar-refractivity contribution in [3.05, 3.63) is 22.1 Å². The molecular weight excluding hydrogens is 250 g/mol. The SMILES string of the molecule is Cc1cnc2n(c1=O)C[C@H](C(=O)NC1CC1)CS2. The van der Waals surface area contributed by atoms with Crippen molar-refractivity contribution in [3.8, 4) is 0 Å². The van der Waals surface area contributed by atoms with Gasteiger partial charge in [-0.1, -0.05) is 11.8 Å². The molecule has 5 nitrogen and oxygen atoms in total. The second kappa shape index (κ2) is 4.42. The highest BCUT2D eigenvalue weighted by Crippen LogP contribution is 2.26. The third-order valence-corrected chi connectivity index (χ3v) is 4.45. The fourth-order valence-corrected chi connectivity index (χ4v) is 3.05. The molecule has 1 amide bonds. The summed E-state index contributed by atoms with van der Waals surface area (Å²) in [7, 11) is 0. The molecule has 0 aromatic carbocycles. The van der Waals surface area contributed by atoms with Crippen LogP contribution >= 0.6 is 11.8 Å². The van der Waals surface area contributed by atoms with Crippen LogP contribution in [0.3, 0.4) is 0 Å². The lowest BCUT2D eigenvalue weighted by Crippen LogP contribution is -2.41. The van der Waals surface area contributed by atoms with E-state index >= 15 is 0 Å². The number of rotatable bonds is 2. The van der Waals surface area contributed by atoms with Crippen LogP contribution in [0.2, 0.25) is 0 Å². The molecule has 2 aliphatic rings. The molecule has 1 aliphatic carbocycles. The zero-order valence-electron chi connectivity index (χ0n) is 10.2. The van der Waals surface area contributed by atoms with Crippen LogP contribution in [0, 0.1) is 12.8 Å². The lowest BCUT2D eigenvalue weighted by Gasteiger charge is -2.24. The zero-order chi connectivity index (χ0) is 12.7. The fourth-order valence-electron chi connectivity index (χ4n) is 2.01. The summed E-state index contributed by atoms with van der Waals surface area (Å²) in [4.78, 5) is 28.2. The van der Waals surface area contributed by atoms with E-state index in [9.17, 15) is 9.59 Å². The van der Waals surface area contributed by atoms with Gasteiger partial charge in [-0.3, -0.25) is 14.2 Å². The number of amides is 1. The first kappa shape index (κ1) is 11.8. The Kier molecular flexibility index (Phi) is 2.89. The highest BCUT2D eigenvalue weighted by atomic mass is 32.2. The molecule has 0 bridgehead atoms. The van der Waals surface area contributed by atoms with Crippen molar-refractivity contribution >= 4 is 17.7 Å². The van der Waals surface area contributed by atoms with Gasteiger partial charge in [0.05, 0.1) is 5.92 Å². The topological polar surface area (TPSA) is 64.0 Å². The molecule has 1 atom stereocenters. The molecule has 0 radical (unpaired) electrons. The number of aromatic nitrogens is 2. The van der Waals surface area contributed by atoms with E-state index in [4.69, 9.17) is 0 Å². The third kappa shape index (κ3) is 2.16. The van der Waals surface area contributed by atoms with Gasteiger partial charge < -0.3 is 5.32 Å². The van der Waals surface area contributed by atoms with E-state index in [0.29, 0.717) is 23.9 Å². The number of aryl methyl sites for hydroxylation is 1. The second-order valence-corrected chi connectivity index (χ2v) is 5.92. The Labute approximate surface area is 109 Å². The number of fused-ring (bicyclic) bond motifs is 1. The van der Waals surface area contributed by atoms with Crippen molar-refractivity contribution in [3.63, 3.8) is 0 Å². The summed E-state index contributed by atoms with van der Waals surface area (Å²) in [5.74, 6) is 0.655. The molecule has 1 saturated carbocycles. The molecule has 1 fully saturated rings. The fraction of sp³-hybridized carbons (Fsp3) is 0.583. The maximum atomic E-state index is 12.0. The predicted molar refractivity (Wildman–Crippen MR) is 68.6 cm³/mol. The Morgan fingerprint density at radius 2 is 2.33 bits per heavy atom. The molecule has 0 unspecified atom stereocenters. The van der Waals surface area contributed by atoms with Gasteiger partial charge in [0.25, 0.3) is 5.56 Å². The molecule has 1 aromatic heterocycles. The Bertz CT molecular complexity index is 551. The Morgan fingerprint density at radius 3 is 3.06 bits per heavy atom. The van der Waals surface area contributed by atoms with E-state index in [1.807, 2.05) is 0 Å². The van der Waals surface area contributed by atoms with Crippen LogP contribution in [0.4, 0.5) is 0 Å². The van der Waals surface area contributed by atoms with Crippen LogP contribution in [-0.4, -0.2) is 27.3 Å². The summed E-state index contributed by atoms with van der Waals surface area (Å²) in [6.07, 6.45) is 3.78. The van der Waals surface area contributed by atoms with Gasteiger partial charge >= 0.3 is 0 Å². The number of nitrogens with zero attached hydrogens (tertiary/aromatic N) is 2. The van der Waals surface area contributed by atoms with E-state index in [1.165, 1.54) is 11.8 Å². The molecule has 1 aromatic rings. The number of nitrogens with one attached hydrogen (secondary N) is 1. The van der Waals surface area contributed by atoms with E-state index < -0.39 is 0 Å². The quantitative estimate of drug-likeness (QED) is 0.793. The highest BCUT2D eigenvalue weighted by Gasteiger charge is 2.31. The first-order chi connectivity index (χ1) is 8.65. The van der Waals surface area contributed by atoms with Crippen molar-refractivity contribution < 1.29 is 4.79 Å². The van der Waals surface area contributed by atoms with Gasteiger partial charge in [-0.15, -0.1) is 0 Å². The number of thioether (sulfide) groups is 1. The molecule has 2 heterocycles. The molecule has 0 spiro atoms. The van der Waals surface area contributed by atoms with Gasteiger partial charge in [0.1, 0.15) is 0 Å². The van der Waals surface area contributed by atoms with Gasteiger partial charge in [0.15, 0.2) is 5.16 Å². The molecule has 6 heteroatoms. The summed E-state index contributed by atoms with van der Waals surface area (Å²) in [5, 5.41) is 3.72. The maximum Gasteiger partial charge on any atom is 0.257 e. The van der Waals surface area contributed by atoms with Gasteiger partial charge in [0, 0.05) is 30.1 Å². The van der Waals surface area contributed by atoms with Crippen LogP contribution in [0.1, 0.15) is 18.4 Å². The summed E-state index contributed by atoms with van der Waals surface area (Å²) in [6, 6.07) is 0.372. The summed E-state index contributed by atoms with van der Waals surface area (Å²) >= 11 is 1.49.